The molecule has 2 aromatic rings. The van der Waals surface area contributed by atoms with Gasteiger partial charge in [-0.2, -0.15) is 13.2 Å². The van der Waals surface area contributed by atoms with Gasteiger partial charge in [0.2, 0.25) is 5.88 Å². The van der Waals surface area contributed by atoms with E-state index in [2.05, 4.69) is 10.5 Å². The number of rotatable bonds is 5. The van der Waals surface area contributed by atoms with Crippen LogP contribution in [0.2, 0.25) is 0 Å². The number of alkyl halides is 3. The molecule has 3 atom stereocenters. The molecule has 27 heavy (non-hydrogen) atoms. The second kappa shape index (κ2) is 7.05. The summed E-state index contributed by atoms with van der Waals surface area (Å²) >= 11 is 0. The lowest BCUT2D eigenvalue weighted by molar-refractivity contribution is -0.154. The average molecular weight is 382 g/mol. The number of halogens is 3. The van der Waals surface area contributed by atoms with Crippen molar-refractivity contribution < 1.29 is 32.0 Å². The third kappa shape index (κ3) is 4.29. The van der Waals surface area contributed by atoms with Crippen LogP contribution in [-0.2, 0) is 20.5 Å². The molecular formula is C18H17F3N2O4. The predicted octanol–water partition coefficient (Wildman–Crippen LogP) is 3.68. The van der Waals surface area contributed by atoms with E-state index < -0.39 is 41.6 Å². The molecule has 1 aliphatic carbocycles. The van der Waals surface area contributed by atoms with Crippen LogP contribution in [0.1, 0.15) is 36.1 Å². The van der Waals surface area contributed by atoms with Crippen LogP contribution in [0.4, 0.5) is 19.1 Å². The molecule has 9 heteroatoms. The molecule has 0 spiro atoms. The molecule has 1 amide bonds. The first-order chi connectivity index (χ1) is 12.7. The van der Waals surface area contributed by atoms with Gasteiger partial charge < -0.3 is 9.26 Å². The summed E-state index contributed by atoms with van der Waals surface area (Å²) in [5, 5.41) is 6.02. The smallest absolute Gasteiger partial charge is 0.416 e. The standard InChI is InChI=1S/C18H17F3N2O4/c1-9-7-15(27-23-9)22-16(24)10(2)26-17(25)13-8-12(13)11-5-3-4-6-14(11)18(19,20)21/h3-7,10,12-13H,8H2,1-2H3,(H,22,24)/t10-,12-,13+/m0/s1. The summed E-state index contributed by atoms with van der Waals surface area (Å²) in [5.74, 6) is -2.47. The second-order valence-electron chi connectivity index (χ2n) is 6.43. The predicted molar refractivity (Wildman–Crippen MR) is 87.7 cm³/mol. The van der Waals surface area contributed by atoms with Crippen molar-refractivity contribution in [3.63, 3.8) is 0 Å². The lowest BCUT2D eigenvalue weighted by Gasteiger charge is -2.14. The van der Waals surface area contributed by atoms with Crippen LogP contribution in [0.15, 0.2) is 34.9 Å². The first-order valence-electron chi connectivity index (χ1n) is 8.27. The van der Waals surface area contributed by atoms with Gasteiger partial charge in [0.1, 0.15) is 0 Å². The van der Waals surface area contributed by atoms with Gasteiger partial charge in [-0.1, -0.05) is 23.4 Å². The molecule has 1 fully saturated rings. The van der Waals surface area contributed by atoms with Crippen molar-refractivity contribution in [3.8, 4) is 0 Å². The number of amides is 1. The fourth-order valence-electron chi connectivity index (χ4n) is 2.84. The van der Waals surface area contributed by atoms with Gasteiger partial charge in [-0.05, 0) is 37.8 Å². The van der Waals surface area contributed by atoms with Crippen molar-refractivity contribution in [2.45, 2.75) is 38.5 Å². The monoisotopic (exact) mass is 382 g/mol. The molecule has 0 bridgehead atoms. The zero-order chi connectivity index (χ0) is 19.8. The fourth-order valence-corrected chi connectivity index (χ4v) is 2.84. The Bertz CT molecular complexity index is 862. The number of anilines is 1. The van der Waals surface area contributed by atoms with Gasteiger partial charge in [-0.15, -0.1) is 0 Å². The zero-order valence-electron chi connectivity index (χ0n) is 14.5. The number of benzene rings is 1. The Balaban J connectivity index is 1.60. The number of ether oxygens (including phenoxy) is 1. The van der Waals surface area contributed by atoms with Crippen molar-refractivity contribution in [3.05, 3.63) is 47.2 Å². The molecule has 1 aliphatic rings. The number of carbonyl (C=O) groups is 2. The summed E-state index contributed by atoms with van der Waals surface area (Å²) in [5.41, 5.74) is -0.114. The third-order valence-electron chi connectivity index (χ3n) is 4.30. The number of aromatic nitrogens is 1. The topological polar surface area (TPSA) is 81.4 Å². The first-order valence-corrected chi connectivity index (χ1v) is 8.27. The number of aryl methyl sites for hydroxylation is 1. The highest BCUT2D eigenvalue weighted by atomic mass is 19.4. The Labute approximate surface area is 152 Å². The minimum Gasteiger partial charge on any atom is -0.452 e. The van der Waals surface area contributed by atoms with E-state index in [1.807, 2.05) is 0 Å². The largest absolute Gasteiger partial charge is 0.452 e. The first kappa shape index (κ1) is 18.9. The Hall–Kier alpha value is -2.84. The number of hydrogen-bond donors (Lipinski definition) is 1. The lowest BCUT2D eigenvalue weighted by atomic mass is 10.0. The van der Waals surface area contributed by atoms with E-state index in [4.69, 9.17) is 9.26 Å². The number of nitrogens with zero attached hydrogens (tertiary/aromatic N) is 1. The van der Waals surface area contributed by atoms with Gasteiger partial charge in [0, 0.05) is 6.07 Å². The molecule has 6 nitrogen and oxygen atoms in total. The summed E-state index contributed by atoms with van der Waals surface area (Å²) in [4.78, 5) is 24.2. The molecule has 1 saturated carbocycles. The minimum atomic E-state index is -4.49. The van der Waals surface area contributed by atoms with Gasteiger partial charge in [-0.3, -0.25) is 14.9 Å². The van der Waals surface area contributed by atoms with Crippen LogP contribution in [0.25, 0.3) is 0 Å². The maximum absolute atomic E-state index is 13.1. The summed E-state index contributed by atoms with van der Waals surface area (Å²) in [6.45, 7) is 3.05. The van der Waals surface area contributed by atoms with Gasteiger partial charge in [0.25, 0.3) is 5.91 Å². The molecule has 1 aromatic heterocycles. The van der Waals surface area contributed by atoms with Crippen molar-refractivity contribution in [2.75, 3.05) is 5.32 Å². The van der Waals surface area contributed by atoms with Crippen LogP contribution in [0.3, 0.4) is 0 Å². The minimum absolute atomic E-state index is 0.0705. The summed E-state index contributed by atoms with van der Waals surface area (Å²) in [6, 6.07) is 6.66. The van der Waals surface area contributed by atoms with E-state index in [1.54, 1.807) is 6.92 Å². The molecule has 144 valence electrons. The molecular weight excluding hydrogens is 365 g/mol. The molecule has 1 N–H and O–H groups in total. The van der Waals surface area contributed by atoms with Crippen LogP contribution in [0, 0.1) is 12.8 Å². The molecule has 1 aromatic carbocycles. The van der Waals surface area contributed by atoms with E-state index in [0.717, 1.165) is 6.07 Å². The van der Waals surface area contributed by atoms with Crippen LogP contribution < -0.4 is 5.32 Å². The summed E-state index contributed by atoms with van der Waals surface area (Å²) in [7, 11) is 0. The van der Waals surface area contributed by atoms with Crippen molar-refractivity contribution in [1.29, 1.82) is 0 Å². The van der Waals surface area contributed by atoms with Crippen LogP contribution in [-0.4, -0.2) is 23.1 Å². The highest BCUT2D eigenvalue weighted by Crippen LogP contribution is 2.51. The maximum atomic E-state index is 13.1. The maximum Gasteiger partial charge on any atom is 0.416 e. The van der Waals surface area contributed by atoms with E-state index in [0.29, 0.717) is 5.69 Å². The third-order valence-corrected chi connectivity index (χ3v) is 4.30. The van der Waals surface area contributed by atoms with E-state index >= 15 is 0 Å². The number of esters is 1. The van der Waals surface area contributed by atoms with Crippen LogP contribution >= 0.6 is 0 Å². The molecule has 0 unspecified atom stereocenters. The summed E-state index contributed by atoms with van der Waals surface area (Å²) in [6.07, 6.45) is -5.36. The molecule has 0 aliphatic heterocycles. The molecule has 0 radical (unpaired) electrons. The number of carbonyl (C=O) groups excluding carboxylic acids is 2. The fraction of sp³-hybridized carbons (Fsp3) is 0.389. The Morgan fingerprint density at radius 2 is 2.04 bits per heavy atom. The second-order valence-corrected chi connectivity index (χ2v) is 6.43. The molecule has 1 heterocycles. The van der Waals surface area contributed by atoms with Gasteiger partial charge in [0.15, 0.2) is 6.10 Å². The van der Waals surface area contributed by atoms with Crippen molar-refractivity contribution >= 4 is 17.8 Å². The quantitative estimate of drug-likeness (QED) is 0.798. The number of hydrogen-bond acceptors (Lipinski definition) is 5. The average Bonchev–Trinajstić information content (AvgIpc) is 3.30. The molecule has 3 rings (SSSR count). The highest BCUT2D eigenvalue weighted by Gasteiger charge is 2.49. The number of nitrogens with one attached hydrogen (secondary N) is 1. The summed E-state index contributed by atoms with van der Waals surface area (Å²) < 4.78 is 49.3. The Morgan fingerprint density at radius 3 is 2.67 bits per heavy atom. The van der Waals surface area contributed by atoms with Crippen LogP contribution in [0.5, 0.6) is 0 Å². The van der Waals surface area contributed by atoms with Gasteiger partial charge in [0.05, 0.1) is 17.2 Å². The van der Waals surface area contributed by atoms with Gasteiger partial charge in [-0.25, -0.2) is 0 Å². The highest BCUT2D eigenvalue weighted by molar-refractivity contribution is 5.94. The molecule has 0 saturated heterocycles. The lowest BCUT2D eigenvalue weighted by Crippen LogP contribution is -2.30. The SMILES string of the molecule is Cc1cc(NC(=O)[C@H](C)OC(=O)[C@@H]2C[C@H]2c2ccccc2C(F)(F)F)on1. The normalized spacial score (nSPS) is 20.0. The van der Waals surface area contributed by atoms with E-state index in [-0.39, 0.29) is 17.9 Å². The Kier molecular flexibility index (Phi) is 4.95. The zero-order valence-corrected chi connectivity index (χ0v) is 14.5. The Morgan fingerprint density at radius 1 is 1.33 bits per heavy atom. The van der Waals surface area contributed by atoms with Crippen molar-refractivity contribution in [1.82, 2.24) is 5.16 Å². The van der Waals surface area contributed by atoms with Gasteiger partial charge >= 0.3 is 12.1 Å². The van der Waals surface area contributed by atoms with Crippen molar-refractivity contribution in [2.24, 2.45) is 5.92 Å². The van der Waals surface area contributed by atoms with E-state index in [9.17, 15) is 22.8 Å². The van der Waals surface area contributed by atoms with E-state index in [1.165, 1.54) is 31.2 Å².